The zero-order valence-corrected chi connectivity index (χ0v) is 11.9. The minimum atomic E-state index is -0.607. The van der Waals surface area contributed by atoms with Crippen molar-refractivity contribution in [3.8, 4) is 0 Å². The average molecular weight is 230 g/mol. The molecule has 16 heavy (non-hydrogen) atoms. The molecule has 0 spiro atoms. The molecule has 3 heteroatoms. The van der Waals surface area contributed by atoms with Crippen LogP contribution in [-0.2, 0) is 0 Å². The van der Waals surface area contributed by atoms with Crippen molar-refractivity contribution in [3.63, 3.8) is 0 Å². The highest BCUT2D eigenvalue weighted by atomic mass is 16.3. The van der Waals surface area contributed by atoms with E-state index in [0.717, 1.165) is 32.6 Å². The summed E-state index contributed by atoms with van der Waals surface area (Å²) in [5.41, 5.74) is -0.319. The molecule has 0 saturated carbocycles. The Bertz CT molecular complexity index is 189. The molecule has 0 aromatic rings. The molecule has 0 aromatic carbocycles. The molecule has 1 unspecified atom stereocenters. The minimum Gasteiger partial charge on any atom is -0.389 e. The fourth-order valence-corrected chi connectivity index (χ4v) is 2.09. The van der Waals surface area contributed by atoms with Gasteiger partial charge in [0, 0.05) is 19.6 Å². The van der Waals surface area contributed by atoms with Crippen LogP contribution in [0.3, 0.4) is 0 Å². The van der Waals surface area contributed by atoms with Gasteiger partial charge in [-0.15, -0.1) is 0 Å². The molecule has 0 bridgehead atoms. The summed E-state index contributed by atoms with van der Waals surface area (Å²) in [7, 11) is 2.00. The Morgan fingerprint density at radius 2 is 1.69 bits per heavy atom. The van der Waals surface area contributed by atoms with Gasteiger partial charge in [-0.3, -0.25) is 0 Å². The number of hydrogen-bond donors (Lipinski definition) is 2. The van der Waals surface area contributed by atoms with Gasteiger partial charge in [0.2, 0.25) is 0 Å². The largest absolute Gasteiger partial charge is 0.389 e. The molecule has 2 N–H and O–H groups in total. The summed E-state index contributed by atoms with van der Waals surface area (Å²) in [5.74, 6) is 0. The summed E-state index contributed by atoms with van der Waals surface area (Å²) in [6.45, 7) is 14.2. The highest BCUT2D eigenvalue weighted by Crippen LogP contribution is 2.22. The average Bonchev–Trinajstić information content (AvgIpc) is 2.15. The van der Waals surface area contributed by atoms with E-state index in [1.165, 1.54) is 0 Å². The first kappa shape index (κ1) is 15.9. The molecule has 0 amide bonds. The summed E-state index contributed by atoms with van der Waals surface area (Å²) in [6, 6.07) is 0. The Labute approximate surface area is 101 Å². The predicted octanol–water partition coefficient (Wildman–Crippen LogP) is 1.71. The van der Waals surface area contributed by atoms with Crippen LogP contribution in [0.15, 0.2) is 0 Å². The standard InChI is InChI=1S/C13H30N2O/c1-7-13(5,9-14-6)11-15(8-2)10-12(3,4)16/h14,16H,7-11H2,1-6H3. The quantitative estimate of drug-likeness (QED) is 0.666. The Kier molecular flexibility index (Phi) is 6.53. The van der Waals surface area contributed by atoms with Gasteiger partial charge in [0.25, 0.3) is 0 Å². The number of rotatable bonds is 8. The highest BCUT2D eigenvalue weighted by molar-refractivity contribution is 4.81. The van der Waals surface area contributed by atoms with E-state index in [0.29, 0.717) is 0 Å². The van der Waals surface area contributed by atoms with Gasteiger partial charge in [-0.25, -0.2) is 0 Å². The van der Waals surface area contributed by atoms with Gasteiger partial charge >= 0.3 is 0 Å². The van der Waals surface area contributed by atoms with E-state index in [9.17, 15) is 5.11 Å². The van der Waals surface area contributed by atoms with Crippen molar-refractivity contribution >= 4 is 0 Å². The van der Waals surface area contributed by atoms with Crippen molar-refractivity contribution in [2.45, 2.75) is 46.6 Å². The fraction of sp³-hybridized carbons (Fsp3) is 1.00. The molecule has 0 aromatic heterocycles. The molecule has 0 fully saturated rings. The second-order valence-corrected chi connectivity index (χ2v) is 5.81. The molecule has 0 aliphatic carbocycles. The third kappa shape index (κ3) is 6.46. The lowest BCUT2D eigenvalue weighted by molar-refractivity contribution is 0.0235. The van der Waals surface area contributed by atoms with Crippen molar-refractivity contribution in [2.75, 3.05) is 33.2 Å². The first-order valence-electron chi connectivity index (χ1n) is 6.35. The van der Waals surface area contributed by atoms with Crippen LogP contribution in [0.2, 0.25) is 0 Å². The van der Waals surface area contributed by atoms with Crippen LogP contribution < -0.4 is 5.32 Å². The topological polar surface area (TPSA) is 35.5 Å². The first-order valence-corrected chi connectivity index (χ1v) is 6.35. The lowest BCUT2D eigenvalue weighted by Gasteiger charge is -2.36. The van der Waals surface area contributed by atoms with Gasteiger partial charge in [0.1, 0.15) is 0 Å². The third-order valence-corrected chi connectivity index (χ3v) is 3.12. The van der Waals surface area contributed by atoms with Crippen LogP contribution in [-0.4, -0.2) is 48.8 Å². The second kappa shape index (κ2) is 6.58. The normalized spacial score (nSPS) is 16.5. The Morgan fingerprint density at radius 3 is 2.00 bits per heavy atom. The van der Waals surface area contributed by atoms with Gasteiger partial charge in [0.15, 0.2) is 0 Å². The lowest BCUT2D eigenvalue weighted by Crippen LogP contribution is -2.46. The third-order valence-electron chi connectivity index (χ3n) is 3.12. The summed E-state index contributed by atoms with van der Waals surface area (Å²) < 4.78 is 0. The van der Waals surface area contributed by atoms with E-state index >= 15 is 0 Å². The predicted molar refractivity (Wildman–Crippen MR) is 70.7 cm³/mol. The summed E-state index contributed by atoms with van der Waals surface area (Å²) >= 11 is 0. The van der Waals surface area contributed by atoms with E-state index in [4.69, 9.17) is 0 Å². The van der Waals surface area contributed by atoms with Crippen LogP contribution in [0.5, 0.6) is 0 Å². The van der Waals surface area contributed by atoms with Crippen molar-refractivity contribution in [1.29, 1.82) is 0 Å². The molecule has 0 rings (SSSR count). The molecule has 1 atom stereocenters. The number of hydrogen-bond acceptors (Lipinski definition) is 3. The minimum absolute atomic E-state index is 0.288. The van der Waals surface area contributed by atoms with Crippen LogP contribution in [0, 0.1) is 5.41 Å². The lowest BCUT2D eigenvalue weighted by atomic mass is 9.86. The van der Waals surface area contributed by atoms with Gasteiger partial charge in [-0.1, -0.05) is 20.8 Å². The summed E-state index contributed by atoms with van der Waals surface area (Å²) in [6.07, 6.45) is 1.15. The van der Waals surface area contributed by atoms with E-state index in [1.54, 1.807) is 0 Å². The molecule has 0 aliphatic heterocycles. The smallest absolute Gasteiger partial charge is 0.0718 e. The maximum absolute atomic E-state index is 9.86. The maximum atomic E-state index is 9.86. The van der Waals surface area contributed by atoms with E-state index in [2.05, 4.69) is 31.0 Å². The zero-order valence-electron chi connectivity index (χ0n) is 11.9. The molecule has 0 saturated heterocycles. The SMILES string of the molecule is CCN(CC(C)(C)O)CC(C)(CC)CNC. The Morgan fingerprint density at radius 1 is 1.12 bits per heavy atom. The number of nitrogens with zero attached hydrogens (tertiary/aromatic N) is 1. The Hall–Kier alpha value is -0.120. The van der Waals surface area contributed by atoms with Crippen LogP contribution >= 0.6 is 0 Å². The monoisotopic (exact) mass is 230 g/mol. The molecule has 0 heterocycles. The number of aliphatic hydroxyl groups is 1. The van der Waals surface area contributed by atoms with Crippen molar-refractivity contribution < 1.29 is 5.11 Å². The fourth-order valence-electron chi connectivity index (χ4n) is 2.09. The van der Waals surface area contributed by atoms with Crippen LogP contribution in [0.25, 0.3) is 0 Å². The van der Waals surface area contributed by atoms with Gasteiger partial charge in [-0.05, 0) is 39.3 Å². The van der Waals surface area contributed by atoms with E-state index in [1.807, 2.05) is 20.9 Å². The number of nitrogens with one attached hydrogen (secondary N) is 1. The zero-order chi connectivity index (χ0) is 12.8. The molecule has 3 nitrogen and oxygen atoms in total. The number of likely N-dealkylation sites (N-methyl/N-ethyl adjacent to an activating group) is 1. The molecule has 0 aliphatic rings. The molecule has 0 radical (unpaired) electrons. The van der Waals surface area contributed by atoms with E-state index in [-0.39, 0.29) is 5.41 Å². The molecule has 98 valence electrons. The maximum Gasteiger partial charge on any atom is 0.0718 e. The first-order chi connectivity index (χ1) is 7.26. The summed E-state index contributed by atoms with van der Waals surface area (Å²) in [4.78, 5) is 2.33. The van der Waals surface area contributed by atoms with Crippen LogP contribution in [0.4, 0.5) is 0 Å². The van der Waals surface area contributed by atoms with Crippen molar-refractivity contribution in [2.24, 2.45) is 5.41 Å². The Balaban J connectivity index is 4.38. The van der Waals surface area contributed by atoms with Gasteiger partial charge < -0.3 is 15.3 Å². The van der Waals surface area contributed by atoms with Crippen molar-refractivity contribution in [1.82, 2.24) is 10.2 Å². The van der Waals surface area contributed by atoms with Gasteiger partial charge in [-0.2, -0.15) is 0 Å². The molecular weight excluding hydrogens is 200 g/mol. The second-order valence-electron chi connectivity index (χ2n) is 5.81. The van der Waals surface area contributed by atoms with Crippen molar-refractivity contribution in [3.05, 3.63) is 0 Å². The van der Waals surface area contributed by atoms with Gasteiger partial charge in [0.05, 0.1) is 5.60 Å². The summed E-state index contributed by atoms with van der Waals surface area (Å²) in [5, 5.41) is 13.1. The molecular formula is C13H30N2O. The van der Waals surface area contributed by atoms with Crippen LogP contribution in [0.1, 0.15) is 41.0 Å². The highest BCUT2D eigenvalue weighted by Gasteiger charge is 2.26. The van der Waals surface area contributed by atoms with E-state index < -0.39 is 5.60 Å².